The molecule has 0 aliphatic carbocycles. The van der Waals surface area contributed by atoms with Crippen LogP contribution in [0.1, 0.15) is 38.4 Å². The summed E-state index contributed by atoms with van der Waals surface area (Å²) in [5, 5.41) is 11.6. The van der Waals surface area contributed by atoms with Gasteiger partial charge in [0.05, 0.1) is 40.8 Å². The highest BCUT2D eigenvalue weighted by molar-refractivity contribution is 7.14. The Balaban J connectivity index is 1.69. The standard InChI is InChI=1S/C23H24N4O4S/c1-14-22(32-15(2)25-14)20(28)18-19(16-5-7-17(31-3)8-6-16)27(23(30)21(18)29)11-4-10-26-12-9-24-13-26/h5-9,12-13,19H,4,10-11H2,1-3H3,(H,28,29)/p+1. The van der Waals surface area contributed by atoms with Crippen LogP contribution < -0.4 is 9.30 Å². The molecule has 0 saturated heterocycles. The Labute approximate surface area is 189 Å². The van der Waals surface area contributed by atoms with Crippen molar-refractivity contribution in [3.63, 3.8) is 0 Å². The molecule has 1 aromatic carbocycles. The Hall–Kier alpha value is -3.46. The van der Waals surface area contributed by atoms with Gasteiger partial charge < -0.3 is 14.7 Å². The average Bonchev–Trinajstić information content (AvgIpc) is 3.48. The van der Waals surface area contributed by atoms with E-state index >= 15 is 0 Å². The van der Waals surface area contributed by atoms with Gasteiger partial charge in [0, 0.05) is 13.0 Å². The quantitative estimate of drug-likeness (QED) is 0.403. The highest BCUT2D eigenvalue weighted by Crippen LogP contribution is 2.40. The molecule has 0 saturated carbocycles. The molecule has 3 heterocycles. The number of nitrogens with one attached hydrogen (secondary N) is 1. The van der Waals surface area contributed by atoms with Crippen molar-refractivity contribution in [2.75, 3.05) is 13.7 Å². The fourth-order valence-electron chi connectivity index (χ4n) is 4.00. The van der Waals surface area contributed by atoms with Crippen molar-refractivity contribution in [2.24, 2.45) is 0 Å². The molecule has 1 aliphatic heterocycles. The van der Waals surface area contributed by atoms with Gasteiger partial charge in [0.2, 0.25) is 12.1 Å². The second-order valence-electron chi connectivity index (χ2n) is 7.62. The molecule has 1 aliphatic rings. The van der Waals surface area contributed by atoms with Crippen LogP contribution in [-0.4, -0.2) is 45.3 Å². The minimum Gasteiger partial charge on any atom is -0.503 e. The number of Topliss-reactive ketones (excluding diaryl/α,β-unsaturated/α-hetero) is 1. The molecule has 166 valence electrons. The van der Waals surface area contributed by atoms with E-state index in [1.807, 2.05) is 42.3 Å². The molecule has 0 radical (unpaired) electrons. The van der Waals surface area contributed by atoms with Crippen LogP contribution in [0, 0.1) is 13.8 Å². The van der Waals surface area contributed by atoms with Crippen molar-refractivity contribution in [3.8, 4) is 5.75 Å². The molecule has 1 atom stereocenters. The first-order chi connectivity index (χ1) is 15.4. The van der Waals surface area contributed by atoms with Crippen molar-refractivity contribution in [1.82, 2.24) is 14.9 Å². The van der Waals surface area contributed by atoms with Crippen LogP contribution in [0.25, 0.3) is 0 Å². The first kappa shape index (κ1) is 21.8. The van der Waals surface area contributed by atoms with Gasteiger partial charge in [0.25, 0.3) is 5.91 Å². The van der Waals surface area contributed by atoms with Gasteiger partial charge >= 0.3 is 0 Å². The molecule has 1 unspecified atom stereocenters. The van der Waals surface area contributed by atoms with Gasteiger partial charge in [-0.15, -0.1) is 11.3 Å². The number of carbonyl (C=O) groups is 2. The van der Waals surface area contributed by atoms with E-state index in [0.29, 0.717) is 35.8 Å². The van der Waals surface area contributed by atoms with Crippen LogP contribution in [0.5, 0.6) is 5.75 Å². The van der Waals surface area contributed by atoms with E-state index in [0.717, 1.165) is 10.6 Å². The van der Waals surface area contributed by atoms with Crippen LogP contribution in [0.15, 0.2) is 54.3 Å². The average molecular weight is 454 g/mol. The number of carbonyl (C=O) groups excluding carboxylic acids is 2. The number of hydrogen-bond donors (Lipinski definition) is 2. The fraction of sp³-hybridized carbons (Fsp3) is 0.304. The maximum absolute atomic E-state index is 13.5. The Morgan fingerprint density at radius 3 is 2.66 bits per heavy atom. The van der Waals surface area contributed by atoms with Crippen LogP contribution in [0.2, 0.25) is 0 Å². The van der Waals surface area contributed by atoms with Crippen LogP contribution in [0.3, 0.4) is 0 Å². The predicted molar refractivity (Wildman–Crippen MR) is 119 cm³/mol. The van der Waals surface area contributed by atoms with Gasteiger partial charge in [-0.2, -0.15) is 0 Å². The molecule has 0 fully saturated rings. The third-order valence-electron chi connectivity index (χ3n) is 5.51. The molecular formula is C23H25N4O4S+. The number of H-pyrrole nitrogens is 1. The zero-order valence-corrected chi connectivity index (χ0v) is 19.0. The van der Waals surface area contributed by atoms with Crippen molar-refractivity contribution < 1.29 is 24.0 Å². The number of hydrogen-bond acceptors (Lipinski definition) is 6. The van der Waals surface area contributed by atoms with E-state index in [2.05, 4.69) is 9.97 Å². The first-order valence-corrected chi connectivity index (χ1v) is 11.1. The number of aromatic nitrogens is 3. The smallest absolute Gasteiger partial charge is 0.290 e. The van der Waals surface area contributed by atoms with Gasteiger partial charge in [0.1, 0.15) is 18.1 Å². The largest absolute Gasteiger partial charge is 0.503 e. The lowest BCUT2D eigenvalue weighted by Gasteiger charge is -2.26. The van der Waals surface area contributed by atoms with Gasteiger partial charge in [0.15, 0.2) is 5.76 Å². The maximum Gasteiger partial charge on any atom is 0.290 e. The molecule has 32 heavy (non-hydrogen) atoms. The van der Waals surface area contributed by atoms with Crippen molar-refractivity contribution in [2.45, 2.75) is 32.9 Å². The Kier molecular flexibility index (Phi) is 6.09. The second kappa shape index (κ2) is 8.96. The minimum atomic E-state index is -0.682. The molecule has 4 rings (SSSR count). The van der Waals surface area contributed by atoms with Gasteiger partial charge in [-0.25, -0.2) is 9.55 Å². The normalized spacial score (nSPS) is 16.2. The number of aryl methyl sites for hydroxylation is 3. The molecule has 0 bridgehead atoms. The number of aromatic amines is 1. The Morgan fingerprint density at radius 2 is 2.06 bits per heavy atom. The Bertz CT molecular complexity index is 1170. The van der Waals surface area contributed by atoms with E-state index < -0.39 is 17.7 Å². The maximum atomic E-state index is 13.5. The number of imidazole rings is 1. The lowest BCUT2D eigenvalue weighted by molar-refractivity contribution is -0.695. The monoisotopic (exact) mass is 453 g/mol. The highest BCUT2D eigenvalue weighted by atomic mass is 32.1. The van der Waals surface area contributed by atoms with Crippen LogP contribution >= 0.6 is 11.3 Å². The molecule has 0 spiro atoms. The van der Waals surface area contributed by atoms with Gasteiger partial charge in [-0.3, -0.25) is 14.6 Å². The van der Waals surface area contributed by atoms with E-state index in [1.165, 1.54) is 11.3 Å². The number of rotatable bonds is 8. The number of amides is 1. The molecule has 9 heteroatoms. The van der Waals surface area contributed by atoms with Gasteiger partial charge in [-0.05, 0) is 31.5 Å². The Morgan fingerprint density at radius 1 is 1.31 bits per heavy atom. The summed E-state index contributed by atoms with van der Waals surface area (Å²) in [6, 6.07) is 6.53. The molecule has 3 aromatic rings. The second-order valence-corrected chi connectivity index (χ2v) is 8.82. The van der Waals surface area contributed by atoms with E-state index in [9.17, 15) is 14.7 Å². The number of aliphatic hydroxyl groups excluding tert-OH is 1. The number of aliphatic hydroxyl groups is 1. The third kappa shape index (κ3) is 4.03. The summed E-state index contributed by atoms with van der Waals surface area (Å²) in [6.07, 6.45) is 6.23. The number of ketones is 1. The lowest BCUT2D eigenvalue weighted by Crippen LogP contribution is -2.36. The molecule has 2 N–H and O–H groups in total. The van der Waals surface area contributed by atoms with Crippen LogP contribution in [-0.2, 0) is 11.3 Å². The zero-order valence-electron chi connectivity index (χ0n) is 18.2. The summed E-state index contributed by atoms with van der Waals surface area (Å²) in [5.74, 6) is -0.714. The van der Waals surface area contributed by atoms with Gasteiger partial charge in [-0.1, -0.05) is 12.1 Å². The number of methoxy groups -OCH3 is 1. The fourth-order valence-corrected chi connectivity index (χ4v) is 4.87. The summed E-state index contributed by atoms with van der Waals surface area (Å²) in [4.78, 5) is 35.9. The SMILES string of the molecule is COc1ccc(C2C(C(=O)c3sc(C)nc3C)=C(O)C(=O)N2CCC[n+]2cc[nH]c2)cc1. The molecule has 1 amide bonds. The highest BCUT2D eigenvalue weighted by Gasteiger charge is 2.44. The first-order valence-electron chi connectivity index (χ1n) is 10.3. The number of ether oxygens (including phenoxy) is 1. The summed E-state index contributed by atoms with van der Waals surface area (Å²) < 4.78 is 7.23. The van der Waals surface area contributed by atoms with E-state index in [4.69, 9.17) is 4.74 Å². The van der Waals surface area contributed by atoms with Crippen LogP contribution in [0.4, 0.5) is 0 Å². The van der Waals surface area contributed by atoms with E-state index in [1.54, 1.807) is 31.1 Å². The van der Waals surface area contributed by atoms with Crippen molar-refractivity contribution in [1.29, 1.82) is 0 Å². The topological polar surface area (TPSA) is 99.4 Å². The predicted octanol–water partition coefficient (Wildman–Crippen LogP) is 3.05. The number of nitrogens with zero attached hydrogens (tertiary/aromatic N) is 3. The molecule has 8 nitrogen and oxygen atoms in total. The summed E-state index contributed by atoms with van der Waals surface area (Å²) in [6.45, 7) is 4.67. The number of benzene rings is 1. The van der Waals surface area contributed by atoms with Crippen molar-refractivity contribution in [3.05, 3.63) is 75.5 Å². The minimum absolute atomic E-state index is 0.0983. The number of thiazole rings is 1. The lowest BCUT2D eigenvalue weighted by atomic mass is 9.95. The third-order valence-corrected chi connectivity index (χ3v) is 6.58. The van der Waals surface area contributed by atoms with E-state index in [-0.39, 0.29) is 11.4 Å². The van der Waals surface area contributed by atoms with Crippen molar-refractivity contribution >= 4 is 23.0 Å². The summed E-state index contributed by atoms with van der Waals surface area (Å²) >= 11 is 1.27. The molecular weight excluding hydrogens is 428 g/mol. The summed E-state index contributed by atoms with van der Waals surface area (Å²) in [5.41, 5.74) is 1.43. The zero-order chi connectivity index (χ0) is 22.8. The molecule has 2 aromatic heterocycles. The summed E-state index contributed by atoms with van der Waals surface area (Å²) in [7, 11) is 1.58.